The van der Waals surface area contributed by atoms with E-state index in [4.69, 9.17) is 0 Å². The predicted octanol–water partition coefficient (Wildman–Crippen LogP) is 3.15. The van der Waals surface area contributed by atoms with Gasteiger partial charge in [-0.05, 0) is 31.0 Å². The van der Waals surface area contributed by atoms with Crippen LogP contribution in [0.25, 0.3) is 11.1 Å². The second-order valence-corrected chi connectivity index (χ2v) is 4.24. The SMILES string of the molecule is COC(=O)c1cc(C)c(-c2ccc(C)cc2)cn1. The van der Waals surface area contributed by atoms with Crippen LogP contribution in [0.1, 0.15) is 21.6 Å². The molecular weight excluding hydrogens is 226 g/mol. The van der Waals surface area contributed by atoms with Crippen LogP contribution in [0.5, 0.6) is 0 Å². The maximum absolute atomic E-state index is 11.4. The van der Waals surface area contributed by atoms with E-state index >= 15 is 0 Å². The van der Waals surface area contributed by atoms with Gasteiger partial charge in [0.15, 0.2) is 0 Å². The molecule has 0 fully saturated rings. The zero-order chi connectivity index (χ0) is 13.1. The quantitative estimate of drug-likeness (QED) is 0.758. The van der Waals surface area contributed by atoms with Gasteiger partial charge in [-0.1, -0.05) is 29.8 Å². The van der Waals surface area contributed by atoms with Crippen molar-refractivity contribution in [2.24, 2.45) is 0 Å². The third kappa shape index (κ3) is 2.40. The Bertz CT molecular complexity index is 574. The molecule has 1 heterocycles. The summed E-state index contributed by atoms with van der Waals surface area (Å²) in [6, 6.07) is 9.97. The van der Waals surface area contributed by atoms with E-state index < -0.39 is 5.97 Å². The van der Waals surface area contributed by atoms with E-state index in [0.29, 0.717) is 5.69 Å². The number of aromatic nitrogens is 1. The lowest BCUT2D eigenvalue weighted by Gasteiger charge is -2.07. The van der Waals surface area contributed by atoms with Crippen molar-refractivity contribution in [2.45, 2.75) is 13.8 Å². The van der Waals surface area contributed by atoms with Crippen molar-refractivity contribution in [3.63, 3.8) is 0 Å². The molecule has 2 rings (SSSR count). The molecule has 92 valence electrons. The molecule has 0 saturated heterocycles. The monoisotopic (exact) mass is 241 g/mol. The van der Waals surface area contributed by atoms with E-state index in [2.05, 4.69) is 40.9 Å². The van der Waals surface area contributed by atoms with E-state index in [1.54, 1.807) is 12.3 Å². The average Bonchev–Trinajstić information content (AvgIpc) is 2.39. The second kappa shape index (κ2) is 5.00. The average molecular weight is 241 g/mol. The van der Waals surface area contributed by atoms with E-state index in [9.17, 15) is 4.79 Å². The summed E-state index contributed by atoms with van der Waals surface area (Å²) in [4.78, 5) is 15.5. The summed E-state index contributed by atoms with van der Waals surface area (Å²) in [6.07, 6.45) is 1.71. The Morgan fingerprint density at radius 2 is 1.83 bits per heavy atom. The van der Waals surface area contributed by atoms with Gasteiger partial charge in [0.1, 0.15) is 5.69 Å². The van der Waals surface area contributed by atoms with Gasteiger partial charge in [0, 0.05) is 11.8 Å². The molecule has 0 spiro atoms. The molecule has 0 saturated carbocycles. The number of carbonyl (C=O) groups excluding carboxylic acids is 1. The maximum Gasteiger partial charge on any atom is 0.356 e. The van der Waals surface area contributed by atoms with Crippen molar-refractivity contribution in [3.8, 4) is 11.1 Å². The number of rotatable bonds is 2. The molecule has 0 radical (unpaired) electrons. The summed E-state index contributed by atoms with van der Waals surface area (Å²) < 4.78 is 4.65. The Labute approximate surface area is 106 Å². The van der Waals surface area contributed by atoms with Gasteiger partial charge in [-0.25, -0.2) is 9.78 Å². The van der Waals surface area contributed by atoms with E-state index in [0.717, 1.165) is 16.7 Å². The van der Waals surface area contributed by atoms with Crippen molar-refractivity contribution >= 4 is 5.97 Å². The van der Waals surface area contributed by atoms with Gasteiger partial charge in [-0.15, -0.1) is 0 Å². The van der Waals surface area contributed by atoms with Crippen LogP contribution in [0.2, 0.25) is 0 Å². The zero-order valence-corrected chi connectivity index (χ0v) is 10.7. The number of benzene rings is 1. The lowest BCUT2D eigenvalue weighted by Crippen LogP contribution is -2.04. The normalized spacial score (nSPS) is 10.2. The van der Waals surface area contributed by atoms with Crippen LogP contribution in [-0.4, -0.2) is 18.1 Å². The minimum atomic E-state index is -0.409. The molecule has 0 unspecified atom stereocenters. The van der Waals surface area contributed by atoms with Crippen molar-refractivity contribution in [3.05, 3.63) is 53.3 Å². The molecular formula is C15H15NO2. The predicted molar refractivity (Wildman–Crippen MR) is 70.5 cm³/mol. The van der Waals surface area contributed by atoms with E-state index in [1.807, 2.05) is 6.92 Å². The highest BCUT2D eigenvalue weighted by atomic mass is 16.5. The van der Waals surface area contributed by atoms with Gasteiger partial charge in [0.05, 0.1) is 7.11 Å². The Kier molecular flexibility index (Phi) is 3.42. The maximum atomic E-state index is 11.4. The summed E-state index contributed by atoms with van der Waals surface area (Å²) in [5, 5.41) is 0. The third-order valence-electron chi connectivity index (χ3n) is 2.87. The van der Waals surface area contributed by atoms with Gasteiger partial charge in [-0.2, -0.15) is 0 Å². The van der Waals surface area contributed by atoms with Crippen molar-refractivity contribution < 1.29 is 9.53 Å². The molecule has 1 aromatic heterocycles. The lowest BCUT2D eigenvalue weighted by atomic mass is 10.0. The largest absolute Gasteiger partial charge is 0.464 e. The molecule has 3 heteroatoms. The summed E-state index contributed by atoms with van der Waals surface area (Å²) in [5.74, 6) is -0.409. The molecule has 0 aliphatic heterocycles. The first-order chi connectivity index (χ1) is 8.61. The summed E-state index contributed by atoms with van der Waals surface area (Å²) >= 11 is 0. The van der Waals surface area contributed by atoms with Gasteiger partial charge >= 0.3 is 5.97 Å². The molecule has 0 N–H and O–H groups in total. The number of pyridine rings is 1. The zero-order valence-electron chi connectivity index (χ0n) is 10.7. The summed E-state index contributed by atoms with van der Waals surface area (Å²) in [7, 11) is 1.35. The second-order valence-electron chi connectivity index (χ2n) is 4.24. The lowest BCUT2D eigenvalue weighted by molar-refractivity contribution is 0.0594. The van der Waals surface area contributed by atoms with E-state index in [-0.39, 0.29) is 0 Å². The van der Waals surface area contributed by atoms with Crippen molar-refractivity contribution in [1.29, 1.82) is 0 Å². The Morgan fingerprint density at radius 3 is 2.39 bits per heavy atom. The number of aryl methyl sites for hydroxylation is 2. The van der Waals surface area contributed by atoms with Gasteiger partial charge in [0.2, 0.25) is 0 Å². The fraction of sp³-hybridized carbons (Fsp3) is 0.200. The molecule has 2 aromatic rings. The van der Waals surface area contributed by atoms with Crippen LogP contribution in [0.3, 0.4) is 0 Å². The highest BCUT2D eigenvalue weighted by molar-refractivity contribution is 5.88. The topological polar surface area (TPSA) is 39.2 Å². The van der Waals surface area contributed by atoms with Crippen LogP contribution in [0.4, 0.5) is 0 Å². The summed E-state index contributed by atoms with van der Waals surface area (Å²) in [5.41, 5.74) is 4.69. The molecule has 3 nitrogen and oxygen atoms in total. The van der Waals surface area contributed by atoms with Gasteiger partial charge in [-0.3, -0.25) is 0 Å². The van der Waals surface area contributed by atoms with Gasteiger partial charge < -0.3 is 4.74 Å². The molecule has 0 atom stereocenters. The number of methoxy groups -OCH3 is 1. The first-order valence-electron chi connectivity index (χ1n) is 5.74. The fourth-order valence-electron chi connectivity index (χ4n) is 1.81. The van der Waals surface area contributed by atoms with Gasteiger partial charge in [0.25, 0.3) is 0 Å². The molecule has 0 aliphatic rings. The minimum absolute atomic E-state index is 0.339. The number of esters is 1. The molecule has 0 bridgehead atoms. The minimum Gasteiger partial charge on any atom is -0.464 e. The highest BCUT2D eigenvalue weighted by Crippen LogP contribution is 2.23. The Balaban J connectivity index is 2.41. The highest BCUT2D eigenvalue weighted by Gasteiger charge is 2.10. The number of nitrogens with zero attached hydrogens (tertiary/aromatic N) is 1. The third-order valence-corrected chi connectivity index (χ3v) is 2.87. The van der Waals surface area contributed by atoms with Crippen LogP contribution in [-0.2, 0) is 4.74 Å². The van der Waals surface area contributed by atoms with Crippen molar-refractivity contribution in [1.82, 2.24) is 4.98 Å². The van der Waals surface area contributed by atoms with Crippen LogP contribution >= 0.6 is 0 Å². The number of ether oxygens (including phenoxy) is 1. The first-order valence-corrected chi connectivity index (χ1v) is 5.74. The Hall–Kier alpha value is -2.16. The number of carbonyl (C=O) groups is 1. The summed E-state index contributed by atoms with van der Waals surface area (Å²) in [6.45, 7) is 4.01. The molecule has 1 aromatic carbocycles. The molecule has 0 aliphatic carbocycles. The number of hydrogen-bond acceptors (Lipinski definition) is 3. The number of hydrogen-bond donors (Lipinski definition) is 0. The fourth-order valence-corrected chi connectivity index (χ4v) is 1.81. The van der Waals surface area contributed by atoms with Crippen LogP contribution in [0, 0.1) is 13.8 Å². The first kappa shape index (κ1) is 12.3. The van der Waals surface area contributed by atoms with Crippen LogP contribution < -0.4 is 0 Å². The Morgan fingerprint density at radius 1 is 1.17 bits per heavy atom. The van der Waals surface area contributed by atoms with Crippen LogP contribution in [0.15, 0.2) is 36.5 Å². The molecule has 0 amide bonds. The van der Waals surface area contributed by atoms with E-state index in [1.165, 1.54) is 12.7 Å². The van der Waals surface area contributed by atoms with Crippen molar-refractivity contribution in [2.75, 3.05) is 7.11 Å². The smallest absolute Gasteiger partial charge is 0.356 e. The standard InChI is InChI=1S/C15H15NO2/c1-10-4-6-12(7-5-10)13-9-16-14(8-11(13)2)15(17)18-3/h4-9H,1-3H3. The molecule has 18 heavy (non-hydrogen) atoms.